The summed E-state index contributed by atoms with van der Waals surface area (Å²) < 4.78 is 5.64. The van der Waals surface area contributed by atoms with E-state index in [1.54, 1.807) is 0 Å². The van der Waals surface area contributed by atoms with Crippen LogP contribution in [0.25, 0.3) is 0 Å². The molecule has 0 spiro atoms. The second-order valence-electron chi connectivity index (χ2n) is 5.31. The smallest absolute Gasteiger partial charge is 0.119 e. The highest BCUT2D eigenvalue weighted by Gasteiger charge is 2.19. The van der Waals surface area contributed by atoms with Gasteiger partial charge in [0.25, 0.3) is 0 Å². The number of hydrogen-bond acceptors (Lipinski definition) is 3. The molecule has 1 aliphatic rings. The summed E-state index contributed by atoms with van der Waals surface area (Å²) in [4.78, 5) is 2.27. The number of nitrogens with zero attached hydrogens (tertiary/aromatic N) is 1. The van der Waals surface area contributed by atoms with Gasteiger partial charge in [0.2, 0.25) is 0 Å². The van der Waals surface area contributed by atoms with Crippen molar-refractivity contribution in [2.24, 2.45) is 0 Å². The molecule has 1 saturated carbocycles. The molecule has 18 heavy (non-hydrogen) atoms. The Morgan fingerprint density at radius 2 is 1.94 bits per heavy atom. The number of rotatable bonds is 7. The lowest BCUT2D eigenvalue weighted by Crippen LogP contribution is -2.30. The summed E-state index contributed by atoms with van der Waals surface area (Å²) in [7, 11) is 2.13. The molecule has 0 heterocycles. The SMILES string of the molecule is CC(C)Oc1ccc(N(C)CCNC2CC2)cc1. The summed E-state index contributed by atoms with van der Waals surface area (Å²) in [5.41, 5.74) is 1.24. The molecule has 0 aromatic heterocycles. The quantitative estimate of drug-likeness (QED) is 0.803. The number of hydrogen-bond donors (Lipinski definition) is 1. The minimum atomic E-state index is 0.233. The van der Waals surface area contributed by atoms with Crippen molar-refractivity contribution in [2.75, 3.05) is 25.0 Å². The highest BCUT2D eigenvalue weighted by Crippen LogP contribution is 2.20. The minimum absolute atomic E-state index is 0.233. The molecule has 2 rings (SSSR count). The van der Waals surface area contributed by atoms with E-state index in [0.717, 1.165) is 24.9 Å². The minimum Gasteiger partial charge on any atom is -0.491 e. The fourth-order valence-electron chi connectivity index (χ4n) is 1.90. The fourth-order valence-corrected chi connectivity index (χ4v) is 1.90. The van der Waals surface area contributed by atoms with E-state index in [1.165, 1.54) is 18.5 Å². The molecule has 0 amide bonds. The van der Waals surface area contributed by atoms with E-state index in [4.69, 9.17) is 4.74 Å². The number of nitrogens with one attached hydrogen (secondary N) is 1. The van der Waals surface area contributed by atoms with E-state index in [0.29, 0.717) is 0 Å². The summed E-state index contributed by atoms with van der Waals surface area (Å²) in [5.74, 6) is 0.943. The van der Waals surface area contributed by atoms with E-state index in [1.807, 2.05) is 26.0 Å². The molecule has 3 heteroatoms. The zero-order valence-corrected chi connectivity index (χ0v) is 11.6. The number of anilines is 1. The predicted molar refractivity (Wildman–Crippen MR) is 76.5 cm³/mol. The third kappa shape index (κ3) is 4.22. The second kappa shape index (κ2) is 6.10. The first-order valence-corrected chi connectivity index (χ1v) is 6.86. The Bertz CT molecular complexity index is 357. The van der Waals surface area contributed by atoms with Crippen molar-refractivity contribution < 1.29 is 4.74 Å². The Hall–Kier alpha value is -1.22. The van der Waals surface area contributed by atoms with Gasteiger partial charge in [0, 0.05) is 31.9 Å². The van der Waals surface area contributed by atoms with Crippen LogP contribution in [0.3, 0.4) is 0 Å². The number of likely N-dealkylation sites (N-methyl/N-ethyl adjacent to an activating group) is 1. The van der Waals surface area contributed by atoms with Gasteiger partial charge in [-0.15, -0.1) is 0 Å². The molecule has 1 aromatic rings. The first-order valence-electron chi connectivity index (χ1n) is 6.86. The zero-order valence-electron chi connectivity index (χ0n) is 11.6. The van der Waals surface area contributed by atoms with E-state index < -0.39 is 0 Å². The average molecular weight is 248 g/mol. The summed E-state index contributed by atoms with van der Waals surface area (Å²) >= 11 is 0. The lowest BCUT2D eigenvalue weighted by atomic mass is 10.2. The third-order valence-electron chi connectivity index (χ3n) is 3.11. The van der Waals surface area contributed by atoms with Crippen LogP contribution < -0.4 is 15.0 Å². The molecule has 0 saturated heterocycles. The highest BCUT2D eigenvalue weighted by atomic mass is 16.5. The van der Waals surface area contributed by atoms with Gasteiger partial charge in [-0.3, -0.25) is 0 Å². The maximum atomic E-state index is 5.64. The molecule has 1 aliphatic carbocycles. The maximum Gasteiger partial charge on any atom is 0.119 e. The molecule has 0 radical (unpaired) electrons. The monoisotopic (exact) mass is 248 g/mol. The summed E-state index contributed by atoms with van der Waals surface area (Å²) in [6.07, 6.45) is 2.94. The normalized spacial score (nSPS) is 14.9. The molecular formula is C15H24N2O. The lowest BCUT2D eigenvalue weighted by molar-refractivity contribution is 0.242. The van der Waals surface area contributed by atoms with Gasteiger partial charge in [0.15, 0.2) is 0 Å². The maximum absolute atomic E-state index is 5.64. The van der Waals surface area contributed by atoms with Gasteiger partial charge in [-0.25, -0.2) is 0 Å². The van der Waals surface area contributed by atoms with Crippen LogP contribution in [0.5, 0.6) is 5.75 Å². The Labute approximate surface area is 110 Å². The third-order valence-corrected chi connectivity index (χ3v) is 3.11. The van der Waals surface area contributed by atoms with Gasteiger partial charge in [-0.1, -0.05) is 0 Å². The van der Waals surface area contributed by atoms with Crippen LogP contribution in [0.4, 0.5) is 5.69 Å². The van der Waals surface area contributed by atoms with Gasteiger partial charge in [0.05, 0.1) is 6.10 Å². The number of ether oxygens (including phenoxy) is 1. The van der Waals surface area contributed by atoms with E-state index in [9.17, 15) is 0 Å². The predicted octanol–water partition coefficient (Wildman–Crippen LogP) is 2.66. The average Bonchev–Trinajstić information content (AvgIpc) is 3.13. The van der Waals surface area contributed by atoms with E-state index in [2.05, 4.69) is 29.4 Å². The van der Waals surface area contributed by atoms with Crippen molar-refractivity contribution in [3.8, 4) is 5.75 Å². The van der Waals surface area contributed by atoms with Gasteiger partial charge in [0.1, 0.15) is 5.75 Å². The van der Waals surface area contributed by atoms with Gasteiger partial charge < -0.3 is 15.0 Å². The van der Waals surface area contributed by atoms with Gasteiger partial charge >= 0.3 is 0 Å². The van der Waals surface area contributed by atoms with Crippen LogP contribution in [-0.4, -0.2) is 32.3 Å². The van der Waals surface area contributed by atoms with Crippen molar-refractivity contribution in [2.45, 2.75) is 38.8 Å². The molecular weight excluding hydrogens is 224 g/mol. The molecule has 3 nitrogen and oxygen atoms in total. The van der Waals surface area contributed by atoms with Crippen LogP contribution >= 0.6 is 0 Å². The van der Waals surface area contributed by atoms with Crippen molar-refractivity contribution in [3.05, 3.63) is 24.3 Å². The molecule has 0 aliphatic heterocycles. The van der Waals surface area contributed by atoms with Crippen LogP contribution in [0.2, 0.25) is 0 Å². The molecule has 1 aromatic carbocycles. The summed E-state index contributed by atoms with van der Waals surface area (Å²) in [5, 5.41) is 3.53. The van der Waals surface area contributed by atoms with Crippen LogP contribution in [0.1, 0.15) is 26.7 Å². The first kappa shape index (κ1) is 13.2. The topological polar surface area (TPSA) is 24.5 Å². The second-order valence-corrected chi connectivity index (χ2v) is 5.31. The van der Waals surface area contributed by atoms with Gasteiger partial charge in [-0.05, 0) is 51.0 Å². The molecule has 1 fully saturated rings. The summed E-state index contributed by atoms with van der Waals surface area (Å²) in [6.45, 7) is 6.19. The molecule has 0 bridgehead atoms. The highest BCUT2D eigenvalue weighted by molar-refractivity contribution is 5.48. The Balaban J connectivity index is 1.79. The molecule has 1 N–H and O–H groups in total. The zero-order chi connectivity index (χ0) is 13.0. The standard InChI is InChI=1S/C15H24N2O/c1-12(2)18-15-8-6-14(7-9-15)17(3)11-10-16-13-4-5-13/h6-9,12-13,16H,4-5,10-11H2,1-3H3. The van der Waals surface area contributed by atoms with Crippen LogP contribution in [0.15, 0.2) is 24.3 Å². The first-order chi connectivity index (χ1) is 8.65. The summed E-state index contributed by atoms with van der Waals surface area (Å²) in [6, 6.07) is 9.12. The van der Waals surface area contributed by atoms with Crippen LogP contribution in [0, 0.1) is 0 Å². The van der Waals surface area contributed by atoms with E-state index in [-0.39, 0.29) is 6.10 Å². The van der Waals surface area contributed by atoms with E-state index >= 15 is 0 Å². The Kier molecular flexibility index (Phi) is 4.48. The molecule has 0 atom stereocenters. The lowest BCUT2D eigenvalue weighted by Gasteiger charge is -2.20. The van der Waals surface area contributed by atoms with Gasteiger partial charge in [-0.2, -0.15) is 0 Å². The fraction of sp³-hybridized carbons (Fsp3) is 0.600. The molecule has 0 unspecified atom stereocenters. The van der Waals surface area contributed by atoms with Crippen molar-refractivity contribution in [3.63, 3.8) is 0 Å². The Morgan fingerprint density at radius 1 is 1.28 bits per heavy atom. The van der Waals surface area contributed by atoms with Crippen molar-refractivity contribution in [1.29, 1.82) is 0 Å². The van der Waals surface area contributed by atoms with Crippen molar-refractivity contribution >= 4 is 5.69 Å². The Morgan fingerprint density at radius 3 is 2.50 bits per heavy atom. The molecule has 100 valence electrons. The largest absolute Gasteiger partial charge is 0.491 e. The van der Waals surface area contributed by atoms with Crippen LogP contribution in [-0.2, 0) is 0 Å². The number of benzene rings is 1. The van der Waals surface area contributed by atoms with Crippen molar-refractivity contribution in [1.82, 2.24) is 5.32 Å².